The lowest BCUT2D eigenvalue weighted by atomic mass is 9.94. The summed E-state index contributed by atoms with van der Waals surface area (Å²) in [6, 6.07) is 2.07. The van der Waals surface area contributed by atoms with Crippen LogP contribution in [0.2, 0.25) is 0 Å². The molecule has 1 aromatic rings. The van der Waals surface area contributed by atoms with Crippen molar-refractivity contribution in [2.75, 3.05) is 0 Å². The van der Waals surface area contributed by atoms with Crippen molar-refractivity contribution in [2.45, 2.75) is 59.3 Å². The van der Waals surface area contributed by atoms with Gasteiger partial charge in [0.1, 0.15) is 0 Å². The number of phenolic OH excluding ortho intramolecular Hbond substituents is 2. The number of unbranched alkanes of at least 4 members (excludes halogenated alkanes) is 1. The van der Waals surface area contributed by atoms with Crippen LogP contribution in [-0.2, 0) is 19.3 Å². The third-order valence-corrected chi connectivity index (χ3v) is 3.23. The number of phenols is 2. The summed E-state index contributed by atoms with van der Waals surface area (Å²) in [5.74, 6) is 0.205. The summed E-state index contributed by atoms with van der Waals surface area (Å²) in [7, 11) is 0. The zero-order chi connectivity index (χ0) is 12.8. The van der Waals surface area contributed by atoms with Crippen LogP contribution in [0.5, 0.6) is 11.5 Å². The normalized spacial score (nSPS) is 10.8. The highest BCUT2D eigenvalue weighted by Gasteiger charge is 2.15. The minimum atomic E-state index is 0.0964. The van der Waals surface area contributed by atoms with Gasteiger partial charge in [0.25, 0.3) is 0 Å². The summed E-state index contributed by atoms with van der Waals surface area (Å²) in [6.07, 6.45) is 5.70. The molecule has 0 saturated heterocycles. The molecule has 96 valence electrons. The van der Waals surface area contributed by atoms with Gasteiger partial charge in [-0.2, -0.15) is 0 Å². The molecule has 0 amide bonds. The van der Waals surface area contributed by atoms with Crippen LogP contribution in [-0.4, -0.2) is 10.2 Å². The molecular weight excluding hydrogens is 212 g/mol. The van der Waals surface area contributed by atoms with E-state index in [9.17, 15) is 10.2 Å². The van der Waals surface area contributed by atoms with Crippen LogP contribution in [0.1, 0.15) is 56.7 Å². The Morgan fingerprint density at radius 3 is 2.12 bits per heavy atom. The Labute approximate surface area is 104 Å². The smallest absolute Gasteiger partial charge is 0.161 e. The van der Waals surface area contributed by atoms with Gasteiger partial charge in [-0.3, -0.25) is 0 Å². The zero-order valence-electron chi connectivity index (χ0n) is 11.2. The second kappa shape index (κ2) is 6.53. The molecule has 17 heavy (non-hydrogen) atoms. The van der Waals surface area contributed by atoms with E-state index in [0.29, 0.717) is 0 Å². The third-order valence-electron chi connectivity index (χ3n) is 3.23. The van der Waals surface area contributed by atoms with Gasteiger partial charge in [-0.1, -0.05) is 39.7 Å². The van der Waals surface area contributed by atoms with Crippen molar-refractivity contribution in [3.05, 3.63) is 22.8 Å². The van der Waals surface area contributed by atoms with Gasteiger partial charge in [-0.15, -0.1) is 0 Å². The van der Waals surface area contributed by atoms with Crippen LogP contribution < -0.4 is 0 Å². The fraction of sp³-hybridized carbons (Fsp3) is 0.600. The summed E-state index contributed by atoms with van der Waals surface area (Å²) >= 11 is 0. The quantitative estimate of drug-likeness (QED) is 0.734. The second-order valence-electron chi connectivity index (χ2n) is 4.58. The molecule has 2 nitrogen and oxygen atoms in total. The van der Waals surface area contributed by atoms with Crippen molar-refractivity contribution in [3.8, 4) is 11.5 Å². The van der Waals surface area contributed by atoms with E-state index < -0.39 is 0 Å². The van der Waals surface area contributed by atoms with Crippen LogP contribution in [0, 0.1) is 0 Å². The lowest BCUT2D eigenvalue weighted by Gasteiger charge is -2.15. The van der Waals surface area contributed by atoms with Crippen LogP contribution in [0.15, 0.2) is 6.07 Å². The van der Waals surface area contributed by atoms with Gasteiger partial charge in [-0.05, 0) is 36.8 Å². The molecule has 0 aliphatic heterocycles. The minimum absolute atomic E-state index is 0.0964. The molecule has 0 saturated carbocycles. The molecule has 1 rings (SSSR count). The van der Waals surface area contributed by atoms with E-state index in [1.807, 2.05) is 0 Å². The number of rotatable bonds is 6. The van der Waals surface area contributed by atoms with Crippen LogP contribution >= 0.6 is 0 Å². The molecule has 0 spiro atoms. The number of hydrogen-bond acceptors (Lipinski definition) is 2. The SMILES string of the molecule is CCCCc1cc(CC)c(CCC)c(O)c1O. The van der Waals surface area contributed by atoms with Crippen molar-refractivity contribution in [2.24, 2.45) is 0 Å². The highest BCUT2D eigenvalue weighted by Crippen LogP contribution is 2.37. The van der Waals surface area contributed by atoms with Crippen LogP contribution in [0.3, 0.4) is 0 Å². The first kappa shape index (κ1) is 13.9. The largest absolute Gasteiger partial charge is 0.504 e. The first-order valence-electron chi connectivity index (χ1n) is 6.71. The molecule has 2 heteroatoms. The first-order chi connectivity index (χ1) is 8.15. The van der Waals surface area contributed by atoms with E-state index in [-0.39, 0.29) is 11.5 Å². The molecule has 0 atom stereocenters. The Bertz CT molecular complexity index is 370. The molecule has 0 heterocycles. The Balaban J connectivity index is 3.14. The van der Waals surface area contributed by atoms with Crippen molar-refractivity contribution in [1.82, 2.24) is 0 Å². The molecule has 0 radical (unpaired) electrons. The maximum absolute atomic E-state index is 10.1. The molecule has 0 fully saturated rings. The van der Waals surface area contributed by atoms with E-state index in [1.54, 1.807) is 0 Å². The summed E-state index contributed by atoms with van der Waals surface area (Å²) < 4.78 is 0. The summed E-state index contributed by atoms with van der Waals surface area (Å²) in [5, 5.41) is 20.1. The van der Waals surface area contributed by atoms with Gasteiger partial charge in [0.05, 0.1) is 0 Å². The standard InChI is InChI=1S/C15H24O2/c1-4-7-9-12-10-11(6-3)13(8-5-2)15(17)14(12)16/h10,16-17H,4-9H2,1-3H3. The summed E-state index contributed by atoms with van der Waals surface area (Å²) in [6.45, 7) is 6.30. The van der Waals surface area contributed by atoms with E-state index in [2.05, 4.69) is 26.8 Å². The van der Waals surface area contributed by atoms with Crippen molar-refractivity contribution in [3.63, 3.8) is 0 Å². The molecular formula is C15H24O2. The maximum atomic E-state index is 10.1. The lowest BCUT2D eigenvalue weighted by Crippen LogP contribution is -1.98. The lowest BCUT2D eigenvalue weighted by molar-refractivity contribution is 0.393. The van der Waals surface area contributed by atoms with Gasteiger partial charge in [0, 0.05) is 5.56 Å². The molecule has 1 aromatic carbocycles. The van der Waals surface area contributed by atoms with Gasteiger partial charge in [0.15, 0.2) is 11.5 Å². The zero-order valence-corrected chi connectivity index (χ0v) is 11.2. The first-order valence-corrected chi connectivity index (χ1v) is 6.71. The van der Waals surface area contributed by atoms with E-state index in [1.165, 1.54) is 5.56 Å². The predicted molar refractivity (Wildman–Crippen MR) is 71.8 cm³/mol. The van der Waals surface area contributed by atoms with Gasteiger partial charge >= 0.3 is 0 Å². The fourth-order valence-electron chi connectivity index (χ4n) is 2.22. The average molecular weight is 236 g/mol. The van der Waals surface area contributed by atoms with Crippen LogP contribution in [0.25, 0.3) is 0 Å². The predicted octanol–water partition coefficient (Wildman–Crippen LogP) is 3.96. The Morgan fingerprint density at radius 1 is 0.882 bits per heavy atom. The van der Waals surface area contributed by atoms with Gasteiger partial charge in [-0.25, -0.2) is 0 Å². The van der Waals surface area contributed by atoms with Crippen molar-refractivity contribution >= 4 is 0 Å². The molecule has 0 aromatic heterocycles. The highest BCUT2D eigenvalue weighted by molar-refractivity contribution is 5.54. The summed E-state index contributed by atoms with van der Waals surface area (Å²) in [4.78, 5) is 0. The Kier molecular flexibility index (Phi) is 5.33. The van der Waals surface area contributed by atoms with Crippen molar-refractivity contribution < 1.29 is 10.2 Å². The Hall–Kier alpha value is -1.18. The van der Waals surface area contributed by atoms with E-state index >= 15 is 0 Å². The molecule has 0 bridgehead atoms. The monoisotopic (exact) mass is 236 g/mol. The van der Waals surface area contributed by atoms with Gasteiger partial charge in [0.2, 0.25) is 0 Å². The molecule has 2 N–H and O–H groups in total. The number of aryl methyl sites for hydroxylation is 2. The maximum Gasteiger partial charge on any atom is 0.161 e. The highest BCUT2D eigenvalue weighted by atomic mass is 16.3. The fourth-order valence-corrected chi connectivity index (χ4v) is 2.22. The third kappa shape index (κ3) is 3.15. The second-order valence-corrected chi connectivity index (χ2v) is 4.58. The molecule has 0 aliphatic carbocycles. The van der Waals surface area contributed by atoms with Crippen LogP contribution in [0.4, 0.5) is 0 Å². The molecule has 0 unspecified atom stereocenters. The van der Waals surface area contributed by atoms with E-state index in [4.69, 9.17) is 0 Å². The van der Waals surface area contributed by atoms with Gasteiger partial charge < -0.3 is 10.2 Å². The number of hydrogen-bond donors (Lipinski definition) is 2. The average Bonchev–Trinajstić information content (AvgIpc) is 2.34. The topological polar surface area (TPSA) is 40.5 Å². The van der Waals surface area contributed by atoms with E-state index in [0.717, 1.165) is 49.7 Å². The number of benzene rings is 1. The van der Waals surface area contributed by atoms with Crippen molar-refractivity contribution in [1.29, 1.82) is 0 Å². The Morgan fingerprint density at radius 2 is 1.59 bits per heavy atom. The minimum Gasteiger partial charge on any atom is -0.504 e. The molecule has 0 aliphatic rings. The number of aromatic hydroxyl groups is 2. The summed E-state index contributed by atoms with van der Waals surface area (Å²) in [5.41, 5.74) is 2.99.